The van der Waals surface area contributed by atoms with Crippen molar-refractivity contribution in [1.82, 2.24) is 4.90 Å². The SMILES string of the molecule is COC(=O)CCN1C(=O)C(=Cc2cccc(O)c2)SC1=S. The molecule has 110 valence electrons. The highest BCUT2D eigenvalue weighted by Crippen LogP contribution is 2.32. The van der Waals surface area contributed by atoms with Crippen molar-refractivity contribution in [3.8, 4) is 5.75 Å². The fourth-order valence-corrected chi connectivity index (χ4v) is 3.07. The minimum Gasteiger partial charge on any atom is -0.508 e. The number of hydrogen-bond donors (Lipinski definition) is 1. The Morgan fingerprint density at radius 2 is 2.29 bits per heavy atom. The Hall–Kier alpha value is -1.86. The highest BCUT2D eigenvalue weighted by Gasteiger charge is 2.32. The summed E-state index contributed by atoms with van der Waals surface area (Å²) in [6.07, 6.45) is 1.76. The van der Waals surface area contributed by atoms with E-state index in [1.54, 1.807) is 30.3 Å². The molecule has 0 atom stereocenters. The predicted molar refractivity (Wildman–Crippen MR) is 84.6 cm³/mol. The summed E-state index contributed by atoms with van der Waals surface area (Å²) in [5.41, 5.74) is 0.712. The summed E-state index contributed by atoms with van der Waals surface area (Å²) in [4.78, 5) is 25.2. The molecule has 1 aliphatic heterocycles. The minimum atomic E-state index is -0.388. The molecule has 0 aromatic heterocycles. The van der Waals surface area contributed by atoms with Gasteiger partial charge in [0.2, 0.25) is 0 Å². The number of ether oxygens (including phenoxy) is 1. The molecule has 21 heavy (non-hydrogen) atoms. The second kappa shape index (κ2) is 6.73. The number of amides is 1. The van der Waals surface area contributed by atoms with Crippen LogP contribution in [0.4, 0.5) is 0 Å². The van der Waals surface area contributed by atoms with Gasteiger partial charge in [-0.3, -0.25) is 14.5 Å². The number of aromatic hydroxyl groups is 1. The summed E-state index contributed by atoms with van der Waals surface area (Å²) in [5, 5.41) is 9.42. The Labute approximate surface area is 131 Å². The number of benzene rings is 1. The van der Waals surface area contributed by atoms with Crippen molar-refractivity contribution in [2.45, 2.75) is 6.42 Å². The maximum absolute atomic E-state index is 12.2. The van der Waals surface area contributed by atoms with Crippen molar-refractivity contribution in [3.05, 3.63) is 34.7 Å². The number of rotatable bonds is 4. The third-order valence-electron chi connectivity index (χ3n) is 2.81. The highest BCUT2D eigenvalue weighted by molar-refractivity contribution is 8.26. The molecule has 0 spiro atoms. The molecule has 1 amide bonds. The van der Waals surface area contributed by atoms with E-state index < -0.39 is 0 Å². The van der Waals surface area contributed by atoms with Crippen molar-refractivity contribution in [3.63, 3.8) is 0 Å². The summed E-state index contributed by atoms with van der Waals surface area (Å²) in [5.74, 6) is -0.497. The number of phenols is 1. The van der Waals surface area contributed by atoms with E-state index in [1.165, 1.54) is 23.8 Å². The normalized spacial score (nSPS) is 16.6. The quantitative estimate of drug-likeness (QED) is 0.520. The number of thioether (sulfide) groups is 1. The Kier molecular flexibility index (Phi) is 4.98. The third kappa shape index (κ3) is 3.83. The molecule has 5 nitrogen and oxygen atoms in total. The lowest BCUT2D eigenvalue weighted by Crippen LogP contribution is -2.30. The first-order valence-electron chi connectivity index (χ1n) is 6.12. The van der Waals surface area contributed by atoms with Crippen LogP contribution in [-0.4, -0.2) is 39.9 Å². The van der Waals surface area contributed by atoms with E-state index in [9.17, 15) is 14.7 Å². The highest BCUT2D eigenvalue weighted by atomic mass is 32.2. The van der Waals surface area contributed by atoms with E-state index in [1.807, 2.05) is 0 Å². The molecular weight excluding hydrogens is 310 g/mol. The van der Waals surface area contributed by atoms with Crippen molar-refractivity contribution >= 4 is 46.3 Å². The first kappa shape index (κ1) is 15.5. The van der Waals surface area contributed by atoms with Crippen molar-refractivity contribution < 1.29 is 19.4 Å². The van der Waals surface area contributed by atoms with Gasteiger partial charge < -0.3 is 9.84 Å². The summed E-state index contributed by atoms with van der Waals surface area (Å²) in [7, 11) is 1.30. The topological polar surface area (TPSA) is 66.8 Å². The lowest BCUT2D eigenvalue weighted by atomic mass is 10.2. The van der Waals surface area contributed by atoms with Gasteiger partial charge in [0.1, 0.15) is 10.1 Å². The van der Waals surface area contributed by atoms with Gasteiger partial charge in [0, 0.05) is 6.54 Å². The molecule has 0 aliphatic carbocycles. The maximum Gasteiger partial charge on any atom is 0.307 e. The zero-order valence-corrected chi connectivity index (χ0v) is 12.9. The molecular formula is C14H13NO4S2. The molecule has 1 aromatic carbocycles. The third-order valence-corrected chi connectivity index (χ3v) is 4.19. The van der Waals surface area contributed by atoms with Gasteiger partial charge in [0.05, 0.1) is 18.4 Å². The molecule has 1 saturated heterocycles. The molecule has 0 saturated carbocycles. The maximum atomic E-state index is 12.2. The van der Waals surface area contributed by atoms with Gasteiger partial charge >= 0.3 is 5.97 Å². The Balaban J connectivity index is 2.12. The van der Waals surface area contributed by atoms with E-state index in [4.69, 9.17) is 12.2 Å². The molecule has 0 bridgehead atoms. The second-order valence-electron chi connectivity index (χ2n) is 4.25. The smallest absolute Gasteiger partial charge is 0.307 e. The summed E-state index contributed by atoms with van der Waals surface area (Å²) < 4.78 is 4.96. The molecule has 1 fully saturated rings. The van der Waals surface area contributed by atoms with Crippen LogP contribution in [-0.2, 0) is 14.3 Å². The fraction of sp³-hybridized carbons (Fsp3) is 0.214. The molecule has 0 radical (unpaired) electrons. The zero-order chi connectivity index (χ0) is 15.4. The van der Waals surface area contributed by atoms with Crippen LogP contribution >= 0.6 is 24.0 Å². The number of carbonyl (C=O) groups excluding carboxylic acids is 2. The van der Waals surface area contributed by atoms with Gasteiger partial charge in [-0.05, 0) is 23.8 Å². The molecule has 1 N–H and O–H groups in total. The Morgan fingerprint density at radius 3 is 2.95 bits per heavy atom. The number of methoxy groups -OCH3 is 1. The van der Waals surface area contributed by atoms with E-state index in [0.29, 0.717) is 14.8 Å². The summed E-state index contributed by atoms with van der Waals surface area (Å²) in [6, 6.07) is 6.58. The summed E-state index contributed by atoms with van der Waals surface area (Å²) in [6.45, 7) is 0.203. The number of thiocarbonyl (C=S) groups is 1. The van der Waals surface area contributed by atoms with E-state index in [0.717, 1.165) is 0 Å². The van der Waals surface area contributed by atoms with Crippen LogP contribution in [0.1, 0.15) is 12.0 Å². The zero-order valence-electron chi connectivity index (χ0n) is 11.2. The first-order chi connectivity index (χ1) is 10.0. The molecule has 1 aliphatic rings. The molecule has 0 unspecified atom stereocenters. The van der Waals surface area contributed by atoms with Crippen LogP contribution < -0.4 is 0 Å². The average molecular weight is 323 g/mol. The average Bonchev–Trinajstić information content (AvgIpc) is 2.71. The standard InChI is InChI=1S/C14H13NO4S2/c1-19-12(17)5-6-15-13(18)11(21-14(15)20)8-9-3-2-4-10(16)7-9/h2-4,7-8,16H,5-6H2,1H3. The second-order valence-corrected chi connectivity index (χ2v) is 5.93. The predicted octanol–water partition coefficient (Wildman–Crippen LogP) is 2.16. The van der Waals surface area contributed by atoms with Gasteiger partial charge in [0.15, 0.2) is 0 Å². The largest absolute Gasteiger partial charge is 0.508 e. The van der Waals surface area contributed by atoms with Crippen LogP contribution in [0, 0.1) is 0 Å². The number of carbonyl (C=O) groups is 2. The van der Waals surface area contributed by atoms with Crippen LogP contribution in [0.3, 0.4) is 0 Å². The van der Waals surface area contributed by atoms with E-state index in [-0.39, 0.29) is 30.6 Å². The Morgan fingerprint density at radius 1 is 1.52 bits per heavy atom. The van der Waals surface area contributed by atoms with E-state index in [2.05, 4.69) is 4.74 Å². The van der Waals surface area contributed by atoms with Crippen molar-refractivity contribution in [2.24, 2.45) is 0 Å². The number of esters is 1. The lowest BCUT2D eigenvalue weighted by molar-refractivity contribution is -0.140. The van der Waals surface area contributed by atoms with Crippen LogP contribution in [0.5, 0.6) is 5.75 Å². The number of nitrogens with zero attached hydrogens (tertiary/aromatic N) is 1. The minimum absolute atomic E-state index is 0.0995. The van der Waals surface area contributed by atoms with Crippen LogP contribution in [0.2, 0.25) is 0 Å². The Bertz CT molecular complexity index is 627. The fourth-order valence-electron chi connectivity index (χ4n) is 1.76. The number of hydrogen-bond acceptors (Lipinski definition) is 6. The summed E-state index contributed by atoms with van der Waals surface area (Å²) >= 11 is 6.33. The van der Waals surface area contributed by atoms with Gasteiger partial charge in [-0.2, -0.15) is 0 Å². The van der Waals surface area contributed by atoms with Gasteiger partial charge in [-0.15, -0.1) is 0 Å². The molecule has 1 aromatic rings. The molecule has 2 rings (SSSR count). The van der Waals surface area contributed by atoms with Gasteiger partial charge in [-0.25, -0.2) is 0 Å². The van der Waals surface area contributed by atoms with E-state index >= 15 is 0 Å². The molecule has 1 heterocycles. The van der Waals surface area contributed by atoms with Crippen molar-refractivity contribution in [1.29, 1.82) is 0 Å². The number of phenolic OH excluding ortho intramolecular Hbond substituents is 1. The van der Waals surface area contributed by atoms with Crippen molar-refractivity contribution in [2.75, 3.05) is 13.7 Å². The van der Waals surface area contributed by atoms with Crippen LogP contribution in [0.25, 0.3) is 6.08 Å². The lowest BCUT2D eigenvalue weighted by Gasteiger charge is -2.12. The van der Waals surface area contributed by atoms with Gasteiger partial charge in [0.25, 0.3) is 5.91 Å². The monoisotopic (exact) mass is 323 g/mol. The van der Waals surface area contributed by atoms with Crippen LogP contribution in [0.15, 0.2) is 29.2 Å². The molecule has 7 heteroatoms. The first-order valence-corrected chi connectivity index (χ1v) is 7.35. The van der Waals surface area contributed by atoms with Gasteiger partial charge in [-0.1, -0.05) is 36.1 Å².